The van der Waals surface area contributed by atoms with E-state index < -0.39 is 5.97 Å². The van der Waals surface area contributed by atoms with Crippen molar-refractivity contribution in [3.63, 3.8) is 0 Å². The first-order valence-electron chi connectivity index (χ1n) is 8.65. The van der Waals surface area contributed by atoms with Gasteiger partial charge >= 0.3 is 5.97 Å². The van der Waals surface area contributed by atoms with E-state index in [0.717, 1.165) is 25.9 Å². The summed E-state index contributed by atoms with van der Waals surface area (Å²) in [6.45, 7) is 5.32. The summed E-state index contributed by atoms with van der Waals surface area (Å²) in [6, 6.07) is 0. The van der Waals surface area contributed by atoms with Crippen molar-refractivity contribution in [2.45, 2.75) is 38.2 Å². The number of carboxylic acid groups (broad SMARTS) is 1. The third-order valence-electron chi connectivity index (χ3n) is 3.59. The Morgan fingerprint density at radius 1 is 1.00 bits per heavy atom. The van der Waals surface area contributed by atoms with Crippen LogP contribution in [0.2, 0.25) is 0 Å². The number of piperidine rings is 1. The number of carbonyl (C=O) groups is 2. The van der Waals surface area contributed by atoms with Crippen LogP contribution in [0.25, 0.3) is 0 Å². The number of carbonyl (C=O) groups excluding carboxylic acids is 1. The number of hydrogen-bond acceptors (Lipinski definition) is 6. The Balaban J connectivity index is 1.75. The second kappa shape index (κ2) is 14.2. The molecular weight excluding hydrogens is 316 g/mol. The van der Waals surface area contributed by atoms with Gasteiger partial charge in [0, 0.05) is 19.6 Å². The smallest absolute Gasteiger partial charge is 0.303 e. The van der Waals surface area contributed by atoms with Crippen molar-refractivity contribution in [1.29, 1.82) is 0 Å². The fourth-order valence-corrected chi connectivity index (χ4v) is 2.27. The summed E-state index contributed by atoms with van der Waals surface area (Å²) < 4.78 is 16.5. The Labute approximate surface area is 143 Å². The Morgan fingerprint density at radius 2 is 1.67 bits per heavy atom. The summed E-state index contributed by atoms with van der Waals surface area (Å²) in [4.78, 5) is 21.6. The zero-order chi connectivity index (χ0) is 17.5. The number of carboxylic acids is 1. The Hall–Kier alpha value is -1.22. The third-order valence-corrected chi connectivity index (χ3v) is 3.59. The lowest BCUT2D eigenvalue weighted by atomic mass is 10.1. The van der Waals surface area contributed by atoms with E-state index in [1.807, 2.05) is 0 Å². The number of ether oxygens (including phenoxy) is 3. The van der Waals surface area contributed by atoms with Crippen molar-refractivity contribution >= 4 is 11.9 Å². The molecule has 0 aromatic heterocycles. The second-order valence-electron chi connectivity index (χ2n) is 5.64. The van der Waals surface area contributed by atoms with Crippen molar-refractivity contribution in [3.05, 3.63) is 0 Å². The molecule has 1 fully saturated rings. The van der Waals surface area contributed by atoms with Gasteiger partial charge in [-0.1, -0.05) is 0 Å². The van der Waals surface area contributed by atoms with E-state index in [1.165, 1.54) is 0 Å². The lowest BCUT2D eigenvalue weighted by Gasteiger charge is -2.22. The van der Waals surface area contributed by atoms with E-state index >= 15 is 0 Å². The van der Waals surface area contributed by atoms with E-state index in [2.05, 4.69) is 10.6 Å². The van der Waals surface area contributed by atoms with Gasteiger partial charge in [0.2, 0.25) is 5.91 Å². The van der Waals surface area contributed by atoms with Crippen LogP contribution in [-0.2, 0) is 23.8 Å². The van der Waals surface area contributed by atoms with Gasteiger partial charge in [-0.2, -0.15) is 0 Å². The molecule has 0 spiro atoms. The fourth-order valence-electron chi connectivity index (χ4n) is 2.27. The first-order valence-corrected chi connectivity index (χ1v) is 8.65. The van der Waals surface area contributed by atoms with Gasteiger partial charge in [0.1, 0.15) is 0 Å². The summed E-state index contributed by atoms with van der Waals surface area (Å²) in [7, 11) is 0. The summed E-state index contributed by atoms with van der Waals surface area (Å²) in [6.07, 6.45) is 3.06. The lowest BCUT2D eigenvalue weighted by molar-refractivity contribution is -0.138. The average Bonchev–Trinajstić information content (AvgIpc) is 2.58. The highest BCUT2D eigenvalue weighted by molar-refractivity contribution is 5.80. The van der Waals surface area contributed by atoms with Crippen LogP contribution in [0.1, 0.15) is 32.1 Å². The monoisotopic (exact) mass is 346 g/mol. The van der Waals surface area contributed by atoms with E-state index in [4.69, 9.17) is 19.3 Å². The highest BCUT2D eigenvalue weighted by atomic mass is 16.5. The molecule has 1 heterocycles. The van der Waals surface area contributed by atoms with Crippen LogP contribution in [0.5, 0.6) is 0 Å². The van der Waals surface area contributed by atoms with E-state index in [-0.39, 0.29) is 18.7 Å². The number of rotatable bonds is 14. The molecular formula is C16H30N2O6. The Morgan fingerprint density at radius 3 is 2.38 bits per heavy atom. The van der Waals surface area contributed by atoms with Crippen molar-refractivity contribution in [3.8, 4) is 0 Å². The molecule has 3 N–H and O–H groups in total. The minimum absolute atomic E-state index is 0.0173. The minimum atomic E-state index is -0.963. The molecule has 0 unspecified atom stereocenters. The quantitative estimate of drug-likeness (QED) is 0.385. The topological polar surface area (TPSA) is 106 Å². The van der Waals surface area contributed by atoms with Gasteiger partial charge < -0.3 is 30.0 Å². The summed E-state index contributed by atoms with van der Waals surface area (Å²) in [5.74, 6) is -1.20. The van der Waals surface area contributed by atoms with Crippen molar-refractivity contribution < 1.29 is 28.9 Å². The first-order chi connectivity index (χ1) is 11.7. The Bertz CT molecular complexity index is 347. The highest BCUT2D eigenvalue weighted by Crippen LogP contribution is 2.06. The zero-order valence-electron chi connectivity index (χ0n) is 14.3. The molecule has 0 radical (unpaired) electrons. The maximum Gasteiger partial charge on any atom is 0.303 e. The standard InChI is InChI=1S/C16H30N2O6/c19-15(2-3-16(20)21)18-6-1-9-22-10-11-23-12-13-24-14-4-7-17-8-5-14/h14,17H,1-13H2,(H,18,19)(H,20,21). The van der Waals surface area contributed by atoms with Crippen molar-refractivity contribution in [2.75, 3.05) is 52.7 Å². The van der Waals surface area contributed by atoms with Crippen LogP contribution < -0.4 is 10.6 Å². The van der Waals surface area contributed by atoms with Gasteiger partial charge in [0.15, 0.2) is 0 Å². The average molecular weight is 346 g/mol. The van der Waals surface area contributed by atoms with Crippen LogP contribution >= 0.6 is 0 Å². The maximum atomic E-state index is 11.2. The van der Waals surface area contributed by atoms with Crippen LogP contribution in [0.15, 0.2) is 0 Å². The molecule has 1 saturated heterocycles. The summed E-state index contributed by atoms with van der Waals surface area (Å²) >= 11 is 0. The molecule has 1 aliphatic rings. The van der Waals surface area contributed by atoms with Crippen LogP contribution in [0.4, 0.5) is 0 Å². The SMILES string of the molecule is O=C(O)CCC(=O)NCCCOCCOCCOC1CCNCC1. The molecule has 0 saturated carbocycles. The number of nitrogens with one attached hydrogen (secondary N) is 2. The van der Waals surface area contributed by atoms with Crippen LogP contribution in [-0.4, -0.2) is 75.8 Å². The molecule has 0 aromatic carbocycles. The number of amides is 1. The minimum Gasteiger partial charge on any atom is -0.481 e. The van der Waals surface area contributed by atoms with Gasteiger partial charge in [-0.15, -0.1) is 0 Å². The molecule has 1 amide bonds. The van der Waals surface area contributed by atoms with E-state index in [9.17, 15) is 9.59 Å². The molecule has 140 valence electrons. The molecule has 0 aliphatic carbocycles. The predicted octanol–water partition coefficient (Wildman–Crippen LogP) is 0.159. The van der Waals surface area contributed by atoms with Crippen molar-refractivity contribution in [1.82, 2.24) is 10.6 Å². The molecule has 0 bridgehead atoms. The second-order valence-corrected chi connectivity index (χ2v) is 5.64. The Kier molecular flexibility index (Phi) is 12.3. The molecule has 8 nitrogen and oxygen atoms in total. The number of hydrogen-bond donors (Lipinski definition) is 3. The van der Waals surface area contributed by atoms with Crippen LogP contribution in [0.3, 0.4) is 0 Å². The molecule has 0 aromatic rings. The molecule has 1 aliphatic heterocycles. The van der Waals surface area contributed by atoms with Gasteiger partial charge in [-0.25, -0.2) is 0 Å². The highest BCUT2D eigenvalue weighted by Gasteiger charge is 2.12. The molecule has 24 heavy (non-hydrogen) atoms. The zero-order valence-corrected chi connectivity index (χ0v) is 14.3. The fraction of sp³-hybridized carbons (Fsp3) is 0.875. The van der Waals surface area contributed by atoms with E-state index in [0.29, 0.717) is 52.1 Å². The maximum absolute atomic E-state index is 11.2. The predicted molar refractivity (Wildman–Crippen MR) is 88.0 cm³/mol. The third kappa shape index (κ3) is 12.2. The van der Waals surface area contributed by atoms with Crippen LogP contribution in [0, 0.1) is 0 Å². The molecule has 8 heteroatoms. The molecule has 1 rings (SSSR count). The summed E-state index contributed by atoms with van der Waals surface area (Å²) in [5.41, 5.74) is 0. The normalized spacial score (nSPS) is 15.3. The largest absolute Gasteiger partial charge is 0.481 e. The van der Waals surface area contributed by atoms with E-state index in [1.54, 1.807) is 0 Å². The van der Waals surface area contributed by atoms with Crippen molar-refractivity contribution in [2.24, 2.45) is 0 Å². The first kappa shape index (κ1) is 20.8. The van der Waals surface area contributed by atoms with Gasteiger partial charge in [0.25, 0.3) is 0 Å². The number of aliphatic carboxylic acids is 1. The summed E-state index contributed by atoms with van der Waals surface area (Å²) in [5, 5.41) is 14.4. The van der Waals surface area contributed by atoms with Gasteiger partial charge in [0.05, 0.1) is 39.0 Å². The molecule has 0 atom stereocenters. The van der Waals surface area contributed by atoms with Gasteiger partial charge in [-0.3, -0.25) is 9.59 Å². The van der Waals surface area contributed by atoms with Gasteiger partial charge in [-0.05, 0) is 32.4 Å². The lowest BCUT2D eigenvalue weighted by Crippen LogP contribution is -2.33.